The Labute approximate surface area is 141 Å². The summed E-state index contributed by atoms with van der Waals surface area (Å²) >= 11 is 0. The topological polar surface area (TPSA) is 80.0 Å². The van der Waals surface area contributed by atoms with Crippen LogP contribution in [-0.4, -0.2) is 37.9 Å². The first-order valence-electron chi connectivity index (χ1n) is 8.82. The van der Waals surface area contributed by atoms with E-state index >= 15 is 0 Å². The largest absolute Gasteiger partial charge is 0.388 e. The molecule has 0 atom stereocenters. The van der Waals surface area contributed by atoms with Crippen molar-refractivity contribution in [3.63, 3.8) is 0 Å². The van der Waals surface area contributed by atoms with Gasteiger partial charge in [-0.1, -0.05) is 12.8 Å². The SMILES string of the molecule is Cc1nn(C)c2nc(C3CC3)cc(C(=O)NCC3(O)CCCC3)c12. The maximum atomic E-state index is 12.8. The lowest BCUT2D eigenvalue weighted by atomic mass is 10.0. The Hall–Kier alpha value is -1.95. The van der Waals surface area contributed by atoms with Gasteiger partial charge < -0.3 is 10.4 Å². The third-order valence-corrected chi connectivity index (χ3v) is 5.34. The molecule has 0 aromatic carbocycles. The van der Waals surface area contributed by atoms with Crippen LogP contribution in [0.2, 0.25) is 0 Å². The minimum absolute atomic E-state index is 0.138. The highest BCUT2D eigenvalue weighted by Gasteiger charge is 2.32. The van der Waals surface area contributed by atoms with Crippen LogP contribution in [-0.2, 0) is 7.05 Å². The first-order valence-corrected chi connectivity index (χ1v) is 8.82. The van der Waals surface area contributed by atoms with Crippen LogP contribution in [0.4, 0.5) is 0 Å². The van der Waals surface area contributed by atoms with Gasteiger partial charge in [0.2, 0.25) is 0 Å². The van der Waals surface area contributed by atoms with Gasteiger partial charge >= 0.3 is 0 Å². The Morgan fingerprint density at radius 2 is 2.12 bits per heavy atom. The number of aryl methyl sites for hydroxylation is 2. The van der Waals surface area contributed by atoms with E-state index in [0.717, 1.165) is 60.9 Å². The number of carbonyl (C=O) groups excluding carboxylic acids is 1. The number of hydrogen-bond donors (Lipinski definition) is 2. The molecule has 2 aliphatic carbocycles. The second kappa shape index (κ2) is 5.55. The third-order valence-electron chi connectivity index (χ3n) is 5.34. The molecule has 0 aliphatic heterocycles. The molecule has 24 heavy (non-hydrogen) atoms. The number of rotatable bonds is 4. The van der Waals surface area contributed by atoms with E-state index in [9.17, 15) is 9.90 Å². The third kappa shape index (κ3) is 2.69. The summed E-state index contributed by atoms with van der Waals surface area (Å²) in [7, 11) is 1.86. The Morgan fingerprint density at radius 3 is 2.79 bits per heavy atom. The molecule has 2 N–H and O–H groups in total. The number of fused-ring (bicyclic) bond motifs is 1. The highest BCUT2D eigenvalue weighted by molar-refractivity contribution is 6.06. The fourth-order valence-electron chi connectivity index (χ4n) is 3.78. The molecule has 2 fully saturated rings. The molecule has 2 aromatic heterocycles. The van der Waals surface area contributed by atoms with E-state index in [-0.39, 0.29) is 5.91 Å². The molecule has 6 nitrogen and oxygen atoms in total. The summed E-state index contributed by atoms with van der Waals surface area (Å²) in [5.41, 5.74) is 2.45. The quantitative estimate of drug-likeness (QED) is 0.901. The van der Waals surface area contributed by atoms with Crippen molar-refractivity contribution < 1.29 is 9.90 Å². The molecule has 2 aliphatic rings. The second-order valence-electron chi connectivity index (χ2n) is 7.39. The van der Waals surface area contributed by atoms with Gasteiger partial charge in [0.25, 0.3) is 5.91 Å². The molecule has 2 aromatic rings. The van der Waals surface area contributed by atoms with Crippen molar-refractivity contribution in [2.45, 2.75) is 57.0 Å². The highest BCUT2D eigenvalue weighted by atomic mass is 16.3. The number of nitrogens with zero attached hydrogens (tertiary/aromatic N) is 3. The molecule has 0 bridgehead atoms. The van der Waals surface area contributed by atoms with Gasteiger partial charge in [-0.15, -0.1) is 0 Å². The lowest BCUT2D eigenvalue weighted by molar-refractivity contribution is 0.0450. The van der Waals surface area contributed by atoms with Gasteiger partial charge in [-0.05, 0) is 38.7 Å². The highest BCUT2D eigenvalue weighted by Crippen LogP contribution is 2.40. The Kier molecular flexibility index (Phi) is 3.60. The molecule has 128 valence electrons. The van der Waals surface area contributed by atoms with E-state index in [1.165, 1.54) is 0 Å². The van der Waals surface area contributed by atoms with E-state index in [4.69, 9.17) is 4.98 Å². The van der Waals surface area contributed by atoms with Crippen LogP contribution in [0, 0.1) is 6.92 Å². The fraction of sp³-hybridized carbons (Fsp3) is 0.611. The Morgan fingerprint density at radius 1 is 1.42 bits per heavy atom. The summed E-state index contributed by atoms with van der Waals surface area (Å²) in [4.78, 5) is 17.6. The number of carbonyl (C=O) groups is 1. The molecule has 0 radical (unpaired) electrons. The summed E-state index contributed by atoms with van der Waals surface area (Å²) in [5.74, 6) is 0.330. The molecule has 1 amide bonds. The summed E-state index contributed by atoms with van der Waals surface area (Å²) in [6, 6.07) is 1.92. The maximum Gasteiger partial charge on any atom is 0.252 e. The predicted octanol–water partition coefficient (Wildman–Crippen LogP) is 2.19. The zero-order valence-electron chi connectivity index (χ0n) is 14.3. The second-order valence-corrected chi connectivity index (χ2v) is 7.39. The van der Waals surface area contributed by atoms with Crippen LogP contribution < -0.4 is 5.32 Å². The van der Waals surface area contributed by atoms with Gasteiger partial charge in [0.05, 0.1) is 22.2 Å². The van der Waals surface area contributed by atoms with Crippen LogP contribution >= 0.6 is 0 Å². The first-order chi connectivity index (χ1) is 11.5. The average molecular weight is 328 g/mol. The molecular formula is C18H24N4O2. The van der Waals surface area contributed by atoms with Gasteiger partial charge in [0.15, 0.2) is 5.65 Å². The number of aromatic nitrogens is 3. The van der Waals surface area contributed by atoms with Crippen molar-refractivity contribution in [2.24, 2.45) is 7.05 Å². The van der Waals surface area contributed by atoms with Crippen molar-refractivity contribution >= 4 is 16.9 Å². The number of hydrogen-bond acceptors (Lipinski definition) is 4. The van der Waals surface area contributed by atoms with Crippen molar-refractivity contribution in [3.8, 4) is 0 Å². The summed E-state index contributed by atoms with van der Waals surface area (Å²) in [6.07, 6.45) is 5.85. The lowest BCUT2D eigenvalue weighted by Crippen LogP contribution is -2.40. The minimum atomic E-state index is -0.745. The fourth-order valence-corrected chi connectivity index (χ4v) is 3.78. The summed E-state index contributed by atoms with van der Waals surface area (Å²) in [6.45, 7) is 2.22. The van der Waals surface area contributed by atoms with Crippen LogP contribution in [0.3, 0.4) is 0 Å². The first kappa shape index (κ1) is 15.6. The molecule has 2 heterocycles. The lowest BCUT2D eigenvalue weighted by Gasteiger charge is -2.22. The molecule has 2 saturated carbocycles. The summed E-state index contributed by atoms with van der Waals surface area (Å²) in [5, 5.41) is 18.7. The average Bonchev–Trinajstić information content (AvgIpc) is 3.26. The maximum absolute atomic E-state index is 12.8. The van der Waals surface area contributed by atoms with Gasteiger partial charge in [0, 0.05) is 25.2 Å². The number of pyridine rings is 1. The van der Waals surface area contributed by atoms with E-state index in [1.807, 2.05) is 20.0 Å². The molecule has 0 unspecified atom stereocenters. The van der Waals surface area contributed by atoms with E-state index in [0.29, 0.717) is 18.0 Å². The normalized spacial score (nSPS) is 19.8. The van der Waals surface area contributed by atoms with Crippen LogP contribution in [0.5, 0.6) is 0 Å². The van der Waals surface area contributed by atoms with Crippen molar-refractivity contribution in [1.82, 2.24) is 20.1 Å². The number of aliphatic hydroxyl groups is 1. The van der Waals surface area contributed by atoms with Crippen molar-refractivity contribution in [2.75, 3.05) is 6.54 Å². The zero-order valence-corrected chi connectivity index (χ0v) is 14.3. The van der Waals surface area contributed by atoms with Gasteiger partial charge in [-0.3, -0.25) is 9.48 Å². The zero-order chi connectivity index (χ0) is 16.9. The van der Waals surface area contributed by atoms with E-state index in [1.54, 1.807) is 4.68 Å². The molecule has 0 spiro atoms. The van der Waals surface area contributed by atoms with Gasteiger partial charge in [-0.2, -0.15) is 5.10 Å². The van der Waals surface area contributed by atoms with Gasteiger partial charge in [0.1, 0.15) is 0 Å². The Balaban J connectivity index is 1.67. The molecule has 4 rings (SSSR count). The standard InChI is InChI=1S/C18H24N4O2/c1-11-15-13(17(23)19-10-18(24)7-3-4-8-18)9-14(12-5-6-12)20-16(15)22(2)21-11/h9,12,24H,3-8,10H2,1-2H3,(H,19,23). The number of amides is 1. The molecule has 6 heteroatoms. The van der Waals surface area contributed by atoms with Crippen LogP contribution in [0.25, 0.3) is 11.0 Å². The van der Waals surface area contributed by atoms with Gasteiger partial charge in [-0.25, -0.2) is 4.98 Å². The number of nitrogens with one attached hydrogen (secondary N) is 1. The van der Waals surface area contributed by atoms with Crippen LogP contribution in [0.15, 0.2) is 6.07 Å². The summed E-state index contributed by atoms with van der Waals surface area (Å²) < 4.78 is 1.75. The molecular weight excluding hydrogens is 304 g/mol. The van der Waals surface area contributed by atoms with Crippen molar-refractivity contribution in [3.05, 3.63) is 23.0 Å². The predicted molar refractivity (Wildman–Crippen MR) is 91.0 cm³/mol. The minimum Gasteiger partial charge on any atom is -0.388 e. The van der Waals surface area contributed by atoms with Crippen LogP contribution in [0.1, 0.15) is 66.2 Å². The smallest absolute Gasteiger partial charge is 0.252 e. The monoisotopic (exact) mass is 328 g/mol. The van der Waals surface area contributed by atoms with E-state index < -0.39 is 5.60 Å². The Bertz CT molecular complexity index is 801. The van der Waals surface area contributed by atoms with Crippen molar-refractivity contribution in [1.29, 1.82) is 0 Å². The van der Waals surface area contributed by atoms with E-state index in [2.05, 4.69) is 10.4 Å². The molecule has 0 saturated heterocycles.